The number of thiol groups is 1. The number of carboxylic acid groups (broad SMARTS) is 1. The van der Waals surface area contributed by atoms with Crippen molar-refractivity contribution in [2.24, 2.45) is 5.73 Å². The van der Waals surface area contributed by atoms with Gasteiger partial charge in [0.1, 0.15) is 24.2 Å². The van der Waals surface area contributed by atoms with Crippen molar-refractivity contribution in [3.05, 3.63) is 0 Å². The van der Waals surface area contributed by atoms with Gasteiger partial charge < -0.3 is 37.0 Å². The highest BCUT2D eigenvalue weighted by atomic mass is 32.1. The topological polar surface area (TPSA) is 191 Å². The summed E-state index contributed by atoms with van der Waals surface area (Å²) in [5.41, 5.74) is 5.32. The van der Waals surface area contributed by atoms with E-state index < -0.39 is 60.6 Å². The quantitative estimate of drug-likeness (QED) is 0.177. The van der Waals surface area contributed by atoms with Crippen molar-refractivity contribution in [3.63, 3.8) is 0 Å². The zero-order valence-electron chi connectivity index (χ0n) is 13.8. The minimum Gasteiger partial charge on any atom is -0.480 e. The predicted octanol–water partition coefficient (Wildman–Crippen LogP) is -3.82. The standard InChI is InChI=1S/C13H24N4O7S/c1-5(13(23)24)15-12(22)9(6(2)19)17-11(21)8(4-25)16-10(20)7(14)3-18/h5-9,18-19,25H,3-4,14H2,1-2H3,(H,15,22)(H,16,20)(H,17,21)(H,23,24)/t5-,6+,7-,8-,9-/m0/s1. The smallest absolute Gasteiger partial charge is 0.325 e. The highest BCUT2D eigenvalue weighted by Crippen LogP contribution is 1.98. The van der Waals surface area contributed by atoms with Crippen LogP contribution in [0.15, 0.2) is 0 Å². The molecule has 11 nitrogen and oxygen atoms in total. The number of carbonyl (C=O) groups is 4. The highest BCUT2D eigenvalue weighted by molar-refractivity contribution is 7.80. The summed E-state index contributed by atoms with van der Waals surface area (Å²) in [7, 11) is 0. The number of carbonyl (C=O) groups excluding carboxylic acids is 3. The second-order valence-corrected chi connectivity index (χ2v) is 5.69. The van der Waals surface area contributed by atoms with Crippen molar-refractivity contribution >= 4 is 36.3 Å². The molecule has 0 aliphatic heterocycles. The third-order valence-corrected chi connectivity index (χ3v) is 3.51. The summed E-state index contributed by atoms with van der Waals surface area (Å²) in [5, 5.41) is 33.8. The Bertz CT molecular complexity index is 503. The summed E-state index contributed by atoms with van der Waals surface area (Å²) >= 11 is 3.92. The van der Waals surface area contributed by atoms with Crippen LogP contribution < -0.4 is 21.7 Å². The van der Waals surface area contributed by atoms with E-state index in [4.69, 9.17) is 15.9 Å². The first-order chi connectivity index (χ1) is 11.5. The first-order valence-corrected chi connectivity index (χ1v) is 7.97. The van der Waals surface area contributed by atoms with Gasteiger partial charge in [-0.2, -0.15) is 12.6 Å². The van der Waals surface area contributed by atoms with Crippen LogP contribution >= 0.6 is 12.6 Å². The molecule has 0 radical (unpaired) electrons. The summed E-state index contributed by atoms with van der Waals surface area (Å²) in [5.74, 6) is -3.97. The molecule has 0 heterocycles. The molecule has 0 aromatic rings. The van der Waals surface area contributed by atoms with E-state index >= 15 is 0 Å². The Balaban J connectivity index is 4.99. The van der Waals surface area contributed by atoms with Crippen LogP contribution in [0.1, 0.15) is 13.8 Å². The Morgan fingerprint density at radius 2 is 1.60 bits per heavy atom. The molecule has 0 saturated carbocycles. The van der Waals surface area contributed by atoms with Crippen molar-refractivity contribution in [1.82, 2.24) is 16.0 Å². The van der Waals surface area contributed by atoms with Crippen LogP contribution in [0.25, 0.3) is 0 Å². The summed E-state index contributed by atoms with van der Waals surface area (Å²) in [6, 6.07) is -5.09. The molecule has 0 aromatic heterocycles. The van der Waals surface area contributed by atoms with Gasteiger partial charge in [0.05, 0.1) is 12.7 Å². The molecule has 12 heteroatoms. The van der Waals surface area contributed by atoms with E-state index in [1.54, 1.807) is 0 Å². The van der Waals surface area contributed by atoms with Crippen molar-refractivity contribution in [1.29, 1.82) is 0 Å². The predicted molar refractivity (Wildman–Crippen MR) is 89.7 cm³/mol. The molecule has 0 aliphatic rings. The van der Waals surface area contributed by atoms with E-state index in [9.17, 15) is 24.3 Å². The maximum Gasteiger partial charge on any atom is 0.325 e. The van der Waals surface area contributed by atoms with Crippen LogP contribution in [0, 0.1) is 0 Å². The molecule has 0 aliphatic carbocycles. The van der Waals surface area contributed by atoms with Gasteiger partial charge in [-0.3, -0.25) is 19.2 Å². The zero-order valence-corrected chi connectivity index (χ0v) is 14.7. The van der Waals surface area contributed by atoms with E-state index in [1.807, 2.05) is 0 Å². The Hall–Kier alpha value is -1.89. The molecule has 0 saturated heterocycles. The second kappa shape index (κ2) is 10.9. The van der Waals surface area contributed by atoms with Gasteiger partial charge in [0.2, 0.25) is 17.7 Å². The number of amides is 3. The number of rotatable bonds is 10. The molecule has 0 spiro atoms. The fourth-order valence-electron chi connectivity index (χ4n) is 1.58. The maximum absolute atomic E-state index is 12.2. The van der Waals surface area contributed by atoms with Crippen molar-refractivity contribution < 1.29 is 34.5 Å². The van der Waals surface area contributed by atoms with Gasteiger partial charge in [0.15, 0.2) is 0 Å². The average molecular weight is 380 g/mol. The van der Waals surface area contributed by atoms with E-state index in [0.717, 1.165) is 0 Å². The fourth-order valence-corrected chi connectivity index (χ4v) is 1.84. The number of nitrogens with one attached hydrogen (secondary N) is 3. The van der Waals surface area contributed by atoms with E-state index in [-0.39, 0.29) is 5.75 Å². The lowest BCUT2D eigenvalue weighted by Gasteiger charge is -2.25. The third-order valence-electron chi connectivity index (χ3n) is 3.14. The number of carboxylic acids is 1. The molecule has 0 bridgehead atoms. The molecule has 5 atom stereocenters. The number of aliphatic hydroxyl groups excluding tert-OH is 2. The van der Waals surface area contributed by atoms with Crippen molar-refractivity contribution in [3.8, 4) is 0 Å². The lowest BCUT2D eigenvalue weighted by molar-refractivity contribution is -0.142. The minimum atomic E-state index is -1.44. The normalized spacial score (nSPS) is 16.7. The number of hydrogen-bond acceptors (Lipinski definition) is 8. The average Bonchev–Trinajstić information content (AvgIpc) is 2.55. The molecule has 3 amide bonds. The number of aliphatic carboxylic acids is 1. The molecule has 25 heavy (non-hydrogen) atoms. The van der Waals surface area contributed by atoms with Gasteiger partial charge in [-0.1, -0.05) is 0 Å². The third kappa shape index (κ3) is 7.69. The van der Waals surface area contributed by atoms with Gasteiger partial charge in [-0.15, -0.1) is 0 Å². The van der Waals surface area contributed by atoms with Crippen molar-refractivity contribution in [2.75, 3.05) is 12.4 Å². The zero-order chi connectivity index (χ0) is 19.7. The number of aliphatic hydroxyl groups is 2. The highest BCUT2D eigenvalue weighted by Gasteiger charge is 2.31. The molecule has 0 rings (SSSR count). The molecule has 0 aromatic carbocycles. The number of nitrogens with two attached hydrogens (primary N) is 1. The SMILES string of the molecule is C[C@H](NC(=O)[C@@H](NC(=O)[C@H](CS)NC(=O)[C@@H](N)CO)[C@@H](C)O)C(=O)O. The van der Waals surface area contributed by atoms with Crippen molar-refractivity contribution in [2.45, 2.75) is 44.1 Å². The summed E-state index contributed by atoms with van der Waals surface area (Å²) in [6.45, 7) is 1.82. The molecular weight excluding hydrogens is 356 g/mol. The lowest BCUT2D eigenvalue weighted by Crippen LogP contribution is -2.60. The first-order valence-electron chi connectivity index (χ1n) is 7.34. The molecule has 0 unspecified atom stereocenters. The van der Waals surface area contributed by atoms with Crippen LogP contribution in [0.5, 0.6) is 0 Å². The monoisotopic (exact) mass is 380 g/mol. The Labute approximate surface area is 149 Å². The molecule has 8 N–H and O–H groups in total. The summed E-state index contributed by atoms with van der Waals surface area (Å²) in [6.07, 6.45) is -1.33. The Morgan fingerprint density at radius 3 is 2.00 bits per heavy atom. The summed E-state index contributed by atoms with van der Waals surface area (Å²) in [4.78, 5) is 46.6. The largest absolute Gasteiger partial charge is 0.480 e. The minimum absolute atomic E-state index is 0.143. The second-order valence-electron chi connectivity index (χ2n) is 5.33. The molecule has 0 fully saturated rings. The van der Waals surface area contributed by atoms with E-state index in [2.05, 4.69) is 28.6 Å². The lowest BCUT2D eigenvalue weighted by atomic mass is 10.1. The van der Waals surface area contributed by atoms with Gasteiger partial charge >= 0.3 is 5.97 Å². The van der Waals surface area contributed by atoms with E-state index in [0.29, 0.717) is 0 Å². The summed E-state index contributed by atoms with van der Waals surface area (Å²) < 4.78 is 0. The van der Waals surface area contributed by atoms with Gasteiger partial charge in [-0.05, 0) is 13.8 Å². The first kappa shape index (κ1) is 23.1. The Kier molecular flexibility index (Phi) is 10.0. The van der Waals surface area contributed by atoms with Crippen LogP contribution in [0.2, 0.25) is 0 Å². The fraction of sp³-hybridized carbons (Fsp3) is 0.692. The number of hydrogen-bond donors (Lipinski definition) is 8. The molecule has 144 valence electrons. The van der Waals surface area contributed by atoms with Gasteiger partial charge in [-0.25, -0.2) is 0 Å². The van der Waals surface area contributed by atoms with Crippen LogP contribution in [-0.4, -0.2) is 81.6 Å². The molecular formula is C13H24N4O7S. The Morgan fingerprint density at radius 1 is 1.04 bits per heavy atom. The van der Waals surface area contributed by atoms with Crippen LogP contribution in [-0.2, 0) is 19.2 Å². The van der Waals surface area contributed by atoms with E-state index in [1.165, 1.54) is 13.8 Å². The van der Waals surface area contributed by atoms with Crippen LogP contribution in [0.4, 0.5) is 0 Å². The van der Waals surface area contributed by atoms with Gasteiger partial charge in [0.25, 0.3) is 0 Å². The van der Waals surface area contributed by atoms with Gasteiger partial charge in [0, 0.05) is 5.75 Å². The van der Waals surface area contributed by atoms with Crippen LogP contribution in [0.3, 0.4) is 0 Å². The maximum atomic E-state index is 12.2.